The van der Waals surface area contributed by atoms with Gasteiger partial charge in [-0.25, -0.2) is 4.39 Å². The molecule has 0 saturated carbocycles. The zero-order valence-electron chi connectivity index (χ0n) is 8.91. The summed E-state index contributed by atoms with van der Waals surface area (Å²) in [4.78, 5) is 0. The van der Waals surface area contributed by atoms with Gasteiger partial charge in [-0.05, 0) is 41.5 Å². The van der Waals surface area contributed by atoms with E-state index in [0.717, 1.165) is 10.1 Å². The van der Waals surface area contributed by atoms with E-state index in [1.165, 1.54) is 0 Å². The Morgan fingerprint density at radius 1 is 1.50 bits per heavy atom. The topological polar surface area (TPSA) is 26.0 Å². The van der Waals surface area contributed by atoms with Crippen LogP contribution in [-0.4, -0.2) is 11.9 Å². The Labute approximate surface area is 103 Å². The summed E-state index contributed by atoms with van der Waals surface area (Å²) in [6.07, 6.45) is 0. The molecule has 0 saturated heterocycles. The SMILES string of the molecule is CC(N)C(F)(CCl)c1ccc2sccc2c1. The van der Waals surface area contributed by atoms with Gasteiger partial charge in [-0.1, -0.05) is 6.07 Å². The van der Waals surface area contributed by atoms with Crippen molar-refractivity contribution in [3.8, 4) is 0 Å². The molecule has 0 radical (unpaired) electrons. The molecular formula is C12H13ClFNS. The molecule has 1 aromatic carbocycles. The van der Waals surface area contributed by atoms with Crippen LogP contribution in [0.3, 0.4) is 0 Å². The van der Waals surface area contributed by atoms with Crippen molar-refractivity contribution in [3.63, 3.8) is 0 Å². The van der Waals surface area contributed by atoms with E-state index in [-0.39, 0.29) is 5.88 Å². The van der Waals surface area contributed by atoms with E-state index in [9.17, 15) is 4.39 Å². The Morgan fingerprint density at radius 3 is 2.88 bits per heavy atom. The van der Waals surface area contributed by atoms with E-state index in [1.807, 2.05) is 23.6 Å². The summed E-state index contributed by atoms with van der Waals surface area (Å²) in [5.74, 6) is -0.125. The lowest BCUT2D eigenvalue weighted by atomic mass is 9.91. The van der Waals surface area contributed by atoms with Gasteiger partial charge in [0.2, 0.25) is 0 Å². The molecule has 0 fully saturated rings. The Kier molecular flexibility index (Phi) is 3.19. The van der Waals surface area contributed by atoms with Crippen LogP contribution in [0.1, 0.15) is 12.5 Å². The molecule has 16 heavy (non-hydrogen) atoms. The second-order valence-corrected chi connectivity index (χ2v) is 5.17. The highest BCUT2D eigenvalue weighted by atomic mass is 35.5. The molecule has 1 nitrogen and oxygen atoms in total. The van der Waals surface area contributed by atoms with Gasteiger partial charge in [-0.2, -0.15) is 0 Å². The molecule has 0 aliphatic rings. The average molecular weight is 258 g/mol. The highest BCUT2D eigenvalue weighted by Crippen LogP contribution is 2.33. The van der Waals surface area contributed by atoms with Gasteiger partial charge in [0.1, 0.15) is 0 Å². The van der Waals surface area contributed by atoms with Gasteiger partial charge in [0.15, 0.2) is 5.67 Å². The average Bonchev–Trinajstić information content (AvgIpc) is 2.74. The first-order valence-electron chi connectivity index (χ1n) is 5.06. The highest BCUT2D eigenvalue weighted by Gasteiger charge is 2.35. The molecule has 2 unspecified atom stereocenters. The molecule has 1 aromatic heterocycles. The van der Waals surface area contributed by atoms with Crippen molar-refractivity contribution in [2.24, 2.45) is 5.73 Å². The Bertz CT molecular complexity index is 496. The summed E-state index contributed by atoms with van der Waals surface area (Å²) in [5, 5.41) is 3.02. The first kappa shape index (κ1) is 11.8. The van der Waals surface area contributed by atoms with Crippen molar-refractivity contribution < 1.29 is 4.39 Å². The minimum absolute atomic E-state index is 0.125. The molecule has 2 aromatic rings. The maximum Gasteiger partial charge on any atom is 0.164 e. The second kappa shape index (κ2) is 4.32. The van der Waals surface area contributed by atoms with E-state index in [2.05, 4.69) is 0 Å². The van der Waals surface area contributed by atoms with Gasteiger partial charge < -0.3 is 5.73 Å². The fourth-order valence-electron chi connectivity index (χ4n) is 1.69. The van der Waals surface area contributed by atoms with Crippen LogP contribution in [0.5, 0.6) is 0 Å². The minimum Gasteiger partial charge on any atom is -0.325 e. The van der Waals surface area contributed by atoms with Crippen LogP contribution in [0.25, 0.3) is 10.1 Å². The van der Waals surface area contributed by atoms with Crippen molar-refractivity contribution >= 4 is 33.0 Å². The highest BCUT2D eigenvalue weighted by molar-refractivity contribution is 7.17. The molecule has 2 N–H and O–H groups in total. The third-order valence-electron chi connectivity index (χ3n) is 2.85. The predicted molar refractivity (Wildman–Crippen MR) is 69.0 cm³/mol. The van der Waals surface area contributed by atoms with Gasteiger partial charge in [0.05, 0.1) is 5.88 Å². The molecule has 0 aliphatic carbocycles. The van der Waals surface area contributed by atoms with Gasteiger partial charge in [-0.15, -0.1) is 22.9 Å². The van der Waals surface area contributed by atoms with Crippen molar-refractivity contribution in [3.05, 3.63) is 35.2 Å². The number of rotatable bonds is 3. The molecule has 86 valence electrons. The van der Waals surface area contributed by atoms with E-state index in [1.54, 1.807) is 24.3 Å². The number of hydrogen-bond acceptors (Lipinski definition) is 2. The predicted octanol–water partition coefficient (Wildman–Crippen LogP) is 3.65. The number of alkyl halides is 2. The zero-order valence-corrected chi connectivity index (χ0v) is 10.5. The quantitative estimate of drug-likeness (QED) is 0.835. The fourth-order valence-corrected chi connectivity index (χ4v) is 2.86. The van der Waals surface area contributed by atoms with Crippen molar-refractivity contribution in [2.45, 2.75) is 18.6 Å². The molecule has 0 spiro atoms. The van der Waals surface area contributed by atoms with Gasteiger partial charge in [-0.3, -0.25) is 0 Å². The second-order valence-electron chi connectivity index (χ2n) is 3.96. The Morgan fingerprint density at radius 2 is 2.25 bits per heavy atom. The lowest BCUT2D eigenvalue weighted by Crippen LogP contribution is -2.41. The third kappa shape index (κ3) is 1.83. The van der Waals surface area contributed by atoms with E-state index in [4.69, 9.17) is 17.3 Å². The van der Waals surface area contributed by atoms with Crippen LogP contribution in [-0.2, 0) is 5.67 Å². The first-order valence-corrected chi connectivity index (χ1v) is 6.47. The number of fused-ring (bicyclic) bond motifs is 1. The molecular weight excluding hydrogens is 245 g/mol. The maximum absolute atomic E-state index is 14.6. The van der Waals surface area contributed by atoms with Gasteiger partial charge in [0.25, 0.3) is 0 Å². The smallest absolute Gasteiger partial charge is 0.164 e. The number of hydrogen-bond donors (Lipinski definition) is 1. The maximum atomic E-state index is 14.6. The van der Waals surface area contributed by atoms with Crippen molar-refractivity contribution in [1.29, 1.82) is 0 Å². The van der Waals surface area contributed by atoms with Crippen LogP contribution in [0, 0.1) is 0 Å². The number of benzene rings is 1. The van der Waals surface area contributed by atoms with Gasteiger partial charge in [0, 0.05) is 10.7 Å². The largest absolute Gasteiger partial charge is 0.325 e. The lowest BCUT2D eigenvalue weighted by molar-refractivity contribution is 0.162. The number of nitrogens with two attached hydrogens (primary N) is 1. The Balaban J connectivity index is 2.52. The third-order valence-corrected chi connectivity index (χ3v) is 4.14. The summed E-state index contributed by atoms with van der Waals surface area (Å²) >= 11 is 7.35. The van der Waals surface area contributed by atoms with E-state index in [0.29, 0.717) is 5.56 Å². The Hall–Kier alpha value is -0.640. The van der Waals surface area contributed by atoms with Gasteiger partial charge >= 0.3 is 0 Å². The molecule has 0 amide bonds. The summed E-state index contributed by atoms with van der Waals surface area (Å²) < 4.78 is 15.7. The van der Waals surface area contributed by atoms with E-state index >= 15 is 0 Å². The standard InChI is InChI=1S/C12H13ClFNS/c1-8(15)12(14,7-13)10-2-3-11-9(6-10)4-5-16-11/h2-6,8H,7,15H2,1H3. The lowest BCUT2D eigenvalue weighted by Gasteiger charge is -2.27. The molecule has 0 aliphatic heterocycles. The molecule has 1 heterocycles. The normalized spacial score (nSPS) is 17.2. The summed E-state index contributed by atoms with van der Waals surface area (Å²) in [6, 6.07) is 6.86. The summed E-state index contributed by atoms with van der Waals surface area (Å²) in [6.45, 7) is 1.64. The molecule has 4 heteroatoms. The van der Waals surface area contributed by atoms with Crippen LogP contribution in [0.15, 0.2) is 29.6 Å². The summed E-state index contributed by atoms with van der Waals surface area (Å²) in [7, 11) is 0. The van der Waals surface area contributed by atoms with Crippen molar-refractivity contribution in [1.82, 2.24) is 0 Å². The fraction of sp³-hybridized carbons (Fsp3) is 0.333. The zero-order chi connectivity index (χ0) is 11.8. The summed E-state index contributed by atoms with van der Waals surface area (Å²) in [5.41, 5.74) is 4.58. The molecule has 0 bridgehead atoms. The first-order chi connectivity index (χ1) is 7.58. The van der Waals surface area contributed by atoms with Crippen LogP contribution < -0.4 is 5.73 Å². The minimum atomic E-state index is -1.66. The van der Waals surface area contributed by atoms with Crippen molar-refractivity contribution in [2.75, 3.05) is 5.88 Å². The number of thiophene rings is 1. The van der Waals surface area contributed by atoms with Crippen LogP contribution in [0.4, 0.5) is 4.39 Å². The number of halogens is 2. The van der Waals surface area contributed by atoms with E-state index < -0.39 is 11.7 Å². The van der Waals surface area contributed by atoms with Crippen LogP contribution >= 0.6 is 22.9 Å². The molecule has 2 rings (SSSR count). The van der Waals surface area contributed by atoms with Crippen LogP contribution in [0.2, 0.25) is 0 Å². The molecule has 2 atom stereocenters. The monoisotopic (exact) mass is 257 g/mol.